The molecule has 1 aliphatic rings. The van der Waals surface area contributed by atoms with Crippen molar-refractivity contribution in [3.05, 3.63) is 39.9 Å². The smallest absolute Gasteiger partial charge is 0.274 e. The van der Waals surface area contributed by atoms with Crippen LogP contribution in [0.3, 0.4) is 0 Å². The number of ether oxygens (including phenoxy) is 1. The number of hydrogen-bond acceptors (Lipinski definition) is 5. The van der Waals surface area contributed by atoms with Crippen molar-refractivity contribution in [3.8, 4) is 0 Å². The van der Waals surface area contributed by atoms with Crippen LogP contribution in [0.4, 0.5) is 5.69 Å². The number of nitro groups is 1. The molecule has 2 rings (SSSR count). The molecule has 23 heavy (non-hydrogen) atoms. The Morgan fingerprint density at radius 2 is 2.00 bits per heavy atom. The van der Waals surface area contributed by atoms with Crippen LogP contribution in [0.2, 0.25) is 0 Å². The molecule has 0 aromatic heterocycles. The molecule has 0 aliphatic carbocycles. The highest BCUT2D eigenvalue weighted by Crippen LogP contribution is 2.26. The summed E-state index contributed by atoms with van der Waals surface area (Å²) in [6.45, 7) is 1.63. The van der Waals surface area contributed by atoms with Crippen LogP contribution in [0.1, 0.15) is 18.4 Å². The zero-order valence-corrected chi connectivity index (χ0v) is 14.1. The van der Waals surface area contributed by atoms with E-state index < -0.39 is 10.5 Å². The highest BCUT2D eigenvalue weighted by atomic mass is 35.5. The molecular weight excluding hydrogens is 322 g/mol. The van der Waals surface area contributed by atoms with E-state index in [9.17, 15) is 14.9 Å². The van der Waals surface area contributed by atoms with E-state index in [0.717, 1.165) is 13.1 Å². The second kappa shape index (κ2) is 8.24. The predicted molar refractivity (Wildman–Crippen MR) is 88.7 cm³/mol. The summed E-state index contributed by atoms with van der Waals surface area (Å²) in [5.74, 6) is -0.130. The molecule has 7 nitrogen and oxygen atoms in total. The molecule has 1 aliphatic heterocycles. The minimum atomic E-state index is -0.830. The molecule has 1 fully saturated rings. The van der Waals surface area contributed by atoms with E-state index in [1.807, 2.05) is 0 Å². The quantitative estimate of drug-likeness (QED) is 0.650. The van der Waals surface area contributed by atoms with Gasteiger partial charge in [-0.25, -0.2) is 0 Å². The Kier molecular flexibility index (Phi) is 6.93. The summed E-state index contributed by atoms with van der Waals surface area (Å²) in [5.41, 5.74) is -0.286. The summed E-state index contributed by atoms with van der Waals surface area (Å²) < 4.78 is 5.51. The van der Waals surface area contributed by atoms with E-state index in [1.165, 1.54) is 11.0 Å². The van der Waals surface area contributed by atoms with Crippen LogP contribution >= 0.6 is 12.4 Å². The Morgan fingerprint density at radius 3 is 2.57 bits per heavy atom. The average Bonchev–Trinajstić information content (AvgIpc) is 2.55. The number of nitro benzene ring substituents is 1. The average molecular weight is 344 g/mol. The lowest BCUT2D eigenvalue weighted by atomic mass is 9.90. The van der Waals surface area contributed by atoms with Gasteiger partial charge in [-0.05, 0) is 25.9 Å². The lowest BCUT2D eigenvalue weighted by molar-refractivity contribution is -0.385. The first-order valence-corrected chi connectivity index (χ1v) is 7.24. The fraction of sp³-hybridized carbons (Fsp3) is 0.533. The third kappa shape index (κ3) is 4.19. The molecule has 0 atom stereocenters. The molecule has 0 bridgehead atoms. The SMILES string of the molecule is COC1(C(=O)N(C)Cc2ccccc2[N+](=O)[O-])CCNCC1.Cl. The number of piperidine rings is 1. The molecule has 8 heteroatoms. The lowest BCUT2D eigenvalue weighted by Crippen LogP contribution is -2.54. The van der Waals surface area contributed by atoms with Crippen molar-refractivity contribution >= 4 is 24.0 Å². The van der Waals surface area contributed by atoms with Gasteiger partial charge >= 0.3 is 0 Å². The van der Waals surface area contributed by atoms with Gasteiger partial charge in [-0.15, -0.1) is 12.4 Å². The Labute approximate surface area is 141 Å². The molecule has 0 spiro atoms. The number of para-hydroxylation sites is 1. The van der Waals surface area contributed by atoms with Gasteiger partial charge in [0.2, 0.25) is 0 Å². The van der Waals surface area contributed by atoms with Gasteiger partial charge in [0.15, 0.2) is 0 Å². The molecule has 128 valence electrons. The number of carbonyl (C=O) groups is 1. The van der Waals surface area contributed by atoms with Gasteiger partial charge in [-0.2, -0.15) is 0 Å². The highest BCUT2D eigenvalue weighted by molar-refractivity contribution is 5.85. The fourth-order valence-electron chi connectivity index (χ4n) is 2.83. The molecule has 1 aromatic rings. The number of nitrogens with one attached hydrogen (secondary N) is 1. The van der Waals surface area contributed by atoms with Crippen LogP contribution in [0, 0.1) is 10.1 Å². The van der Waals surface area contributed by atoms with Gasteiger partial charge in [0.25, 0.3) is 11.6 Å². The Hall–Kier alpha value is -1.70. The van der Waals surface area contributed by atoms with Gasteiger partial charge < -0.3 is 15.0 Å². The molecule has 0 saturated carbocycles. The van der Waals surface area contributed by atoms with E-state index in [2.05, 4.69) is 5.32 Å². The number of methoxy groups -OCH3 is 1. The second-order valence-corrected chi connectivity index (χ2v) is 5.50. The van der Waals surface area contributed by atoms with E-state index in [1.54, 1.807) is 32.4 Å². The number of nitrogens with zero attached hydrogens (tertiary/aromatic N) is 2. The third-order valence-corrected chi connectivity index (χ3v) is 4.13. The summed E-state index contributed by atoms with van der Waals surface area (Å²) in [6.07, 6.45) is 1.20. The largest absolute Gasteiger partial charge is 0.368 e. The van der Waals surface area contributed by atoms with Crippen molar-refractivity contribution in [2.45, 2.75) is 25.0 Å². The van der Waals surface area contributed by atoms with Crippen LogP contribution in [-0.2, 0) is 16.1 Å². The van der Waals surface area contributed by atoms with Crippen molar-refractivity contribution in [2.24, 2.45) is 0 Å². The van der Waals surface area contributed by atoms with Crippen LogP contribution < -0.4 is 5.32 Å². The Bertz CT molecular complexity index is 561. The first kappa shape index (κ1) is 19.3. The van der Waals surface area contributed by atoms with Gasteiger partial charge in [-0.3, -0.25) is 14.9 Å². The van der Waals surface area contributed by atoms with Crippen LogP contribution in [-0.4, -0.2) is 48.6 Å². The number of likely N-dealkylation sites (N-methyl/N-ethyl adjacent to an activating group) is 1. The number of amides is 1. The van der Waals surface area contributed by atoms with Crippen LogP contribution in [0.25, 0.3) is 0 Å². The number of hydrogen-bond donors (Lipinski definition) is 1. The Morgan fingerprint density at radius 1 is 1.39 bits per heavy atom. The maximum absolute atomic E-state index is 12.7. The van der Waals surface area contributed by atoms with Crippen molar-refractivity contribution in [3.63, 3.8) is 0 Å². The monoisotopic (exact) mass is 343 g/mol. The van der Waals surface area contributed by atoms with Gasteiger partial charge in [-0.1, -0.05) is 18.2 Å². The van der Waals surface area contributed by atoms with Gasteiger partial charge in [0.1, 0.15) is 5.60 Å². The van der Waals surface area contributed by atoms with Crippen LogP contribution in [0.5, 0.6) is 0 Å². The maximum Gasteiger partial charge on any atom is 0.274 e. The first-order chi connectivity index (χ1) is 10.5. The molecule has 1 N–H and O–H groups in total. The Balaban J connectivity index is 0.00000264. The number of rotatable bonds is 5. The van der Waals surface area contributed by atoms with E-state index >= 15 is 0 Å². The topological polar surface area (TPSA) is 84.7 Å². The molecule has 1 saturated heterocycles. The lowest BCUT2D eigenvalue weighted by Gasteiger charge is -2.37. The fourth-order valence-corrected chi connectivity index (χ4v) is 2.83. The summed E-state index contributed by atoms with van der Waals surface area (Å²) in [6, 6.07) is 6.47. The second-order valence-electron chi connectivity index (χ2n) is 5.50. The molecule has 0 unspecified atom stereocenters. The molecule has 0 radical (unpaired) electrons. The number of benzene rings is 1. The summed E-state index contributed by atoms with van der Waals surface area (Å²) in [5, 5.41) is 14.3. The maximum atomic E-state index is 12.7. The first-order valence-electron chi connectivity index (χ1n) is 7.24. The molecular formula is C15H22ClN3O4. The molecule has 1 heterocycles. The standard InChI is InChI=1S/C15H21N3O4.ClH/c1-17(11-12-5-3-4-6-13(12)18(20)21)14(19)15(22-2)7-9-16-10-8-15;/h3-6,16H,7-11H2,1-2H3;1H. The van der Waals surface area contributed by atoms with Gasteiger partial charge in [0.05, 0.1) is 11.5 Å². The van der Waals surface area contributed by atoms with Crippen molar-refractivity contribution in [2.75, 3.05) is 27.2 Å². The van der Waals surface area contributed by atoms with Crippen molar-refractivity contribution < 1.29 is 14.5 Å². The zero-order valence-electron chi connectivity index (χ0n) is 13.3. The minimum Gasteiger partial charge on any atom is -0.368 e. The van der Waals surface area contributed by atoms with E-state index in [-0.39, 0.29) is 30.5 Å². The zero-order chi connectivity index (χ0) is 16.2. The summed E-state index contributed by atoms with van der Waals surface area (Å²) in [7, 11) is 3.20. The van der Waals surface area contributed by atoms with Gasteiger partial charge in [0, 0.05) is 25.8 Å². The van der Waals surface area contributed by atoms with E-state index in [4.69, 9.17) is 4.74 Å². The normalized spacial score (nSPS) is 16.3. The van der Waals surface area contributed by atoms with Crippen molar-refractivity contribution in [1.29, 1.82) is 0 Å². The van der Waals surface area contributed by atoms with Crippen molar-refractivity contribution in [1.82, 2.24) is 10.2 Å². The summed E-state index contributed by atoms with van der Waals surface area (Å²) in [4.78, 5) is 24.9. The summed E-state index contributed by atoms with van der Waals surface area (Å²) >= 11 is 0. The number of halogens is 1. The number of carbonyl (C=O) groups excluding carboxylic acids is 1. The van der Waals surface area contributed by atoms with E-state index in [0.29, 0.717) is 18.4 Å². The van der Waals surface area contributed by atoms with Crippen LogP contribution in [0.15, 0.2) is 24.3 Å². The highest BCUT2D eigenvalue weighted by Gasteiger charge is 2.41. The third-order valence-electron chi connectivity index (χ3n) is 4.13. The molecule has 1 amide bonds. The molecule has 1 aromatic carbocycles. The minimum absolute atomic E-state index is 0. The predicted octanol–water partition coefficient (Wildman–Crippen LogP) is 1.74.